The number of sulfonamides is 1. The van der Waals surface area contributed by atoms with E-state index in [4.69, 9.17) is 5.26 Å². The van der Waals surface area contributed by atoms with E-state index in [1.165, 1.54) is 10.4 Å². The zero-order valence-corrected chi connectivity index (χ0v) is 12.0. The van der Waals surface area contributed by atoms with Crippen LogP contribution in [0, 0.1) is 23.1 Å². The van der Waals surface area contributed by atoms with Crippen LogP contribution in [0.5, 0.6) is 0 Å². The molecular weight excluding hydrogens is 267 g/mol. The third-order valence-corrected chi connectivity index (χ3v) is 4.55. The minimum absolute atomic E-state index is 0.0482. The van der Waals surface area contributed by atoms with Crippen LogP contribution in [0.25, 0.3) is 0 Å². The molecule has 19 heavy (non-hydrogen) atoms. The van der Waals surface area contributed by atoms with Crippen molar-refractivity contribution < 1.29 is 12.8 Å². The Morgan fingerprint density at radius 2 is 2.05 bits per heavy atom. The van der Waals surface area contributed by atoms with Crippen molar-refractivity contribution in [2.45, 2.75) is 25.7 Å². The Balaban J connectivity index is 3.23. The van der Waals surface area contributed by atoms with Crippen molar-refractivity contribution in [2.24, 2.45) is 5.92 Å². The molecule has 1 aromatic carbocycles. The first-order valence-electron chi connectivity index (χ1n) is 6.02. The fourth-order valence-electron chi connectivity index (χ4n) is 1.70. The largest absolute Gasteiger partial charge is 0.243 e. The summed E-state index contributed by atoms with van der Waals surface area (Å²) in [6.07, 6.45) is 0. The van der Waals surface area contributed by atoms with Gasteiger partial charge in [-0.1, -0.05) is 20.8 Å². The molecule has 1 rings (SSSR count). The molecule has 0 atom stereocenters. The van der Waals surface area contributed by atoms with Crippen LogP contribution in [-0.2, 0) is 10.0 Å². The molecule has 0 spiro atoms. The van der Waals surface area contributed by atoms with Crippen molar-refractivity contribution in [1.29, 1.82) is 5.26 Å². The number of hydrogen-bond donors (Lipinski definition) is 0. The van der Waals surface area contributed by atoms with Crippen LogP contribution in [-0.4, -0.2) is 25.8 Å². The normalized spacial score (nSPS) is 11.8. The van der Waals surface area contributed by atoms with Gasteiger partial charge in [-0.05, 0) is 24.1 Å². The summed E-state index contributed by atoms with van der Waals surface area (Å²) in [5, 5.41) is 8.75. The maximum atomic E-state index is 13.2. The van der Waals surface area contributed by atoms with Crippen LogP contribution in [0.1, 0.15) is 26.3 Å². The van der Waals surface area contributed by atoms with Crippen molar-refractivity contribution >= 4 is 10.0 Å². The number of nitrogens with zero attached hydrogens (tertiary/aromatic N) is 2. The van der Waals surface area contributed by atoms with Crippen molar-refractivity contribution in [3.05, 3.63) is 29.6 Å². The summed E-state index contributed by atoms with van der Waals surface area (Å²) in [5.41, 5.74) is -0.262. The Kier molecular flexibility index (Phi) is 5.04. The monoisotopic (exact) mass is 284 g/mol. The third-order valence-electron chi connectivity index (χ3n) is 2.62. The lowest BCUT2D eigenvalue weighted by atomic mass is 10.2. The van der Waals surface area contributed by atoms with Crippen LogP contribution in [0.2, 0.25) is 0 Å². The third kappa shape index (κ3) is 3.52. The standard InChI is InChI=1S/C13H17FN2O2S/c1-4-16(9-10(2)3)19(17,18)12-5-6-13(14)11(7-12)8-15/h5-7,10H,4,9H2,1-3H3. The molecule has 0 saturated heterocycles. The van der Waals surface area contributed by atoms with Crippen LogP contribution in [0.15, 0.2) is 23.1 Å². The highest BCUT2D eigenvalue weighted by atomic mass is 32.2. The summed E-state index contributed by atoms with van der Waals surface area (Å²) < 4.78 is 39.3. The molecule has 0 aliphatic rings. The zero-order chi connectivity index (χ0) is 14.6. The average molecular weight is 284 g/mol. The van der Waals surface area contributed by atoms with Crippen LogP contribution in [0.3, 0.4) is 0 Å². The summed E-state index contributed by atoms with van der Waals surface area (Å²) in [4.78, 5) is -0.0482. The van der Waals surface area contributed by atoms with E-state index in [1.54, 1.807) is 13.0 Å². The molecule has 0 aliphatic heterocycles. The van der Waals surface area contributed by atoms with E-state index in [2.05, 4.69) is 0 Å². The molecule has 0 amide bonds. The smallest absolute Gasteiger partial charge is 0.207 e. The number of nitriles is 1. The summed E-state index contributed by atoms with van der Waals surface area (Å²) in [5.74, 6) is -0.529. The van der Waals surface area contributed by atoms with E-state index >= 15 is 0 Å². The molecule has 0 bridgehead atoms. The highest BCUT2D eigenvalue weighted by molar-refractivity contribution is 7.89. The number of benzene rings is 1. The molecule has 0 aromatic heterocycles. The van der Waals surface area contributed by atoms with Crippen LogP contribution >= 0.6 is 0 Å². The topological polar surface area (TPSA) is 61.2 Å². The van der Waals surface area contributed by atoms with Gasteiger partial charge < -0.3 is 0 Å². The zero-order valence-electron chi connectivity index (χ0n) is 11.2. The Morgan fingerprint density at radius 3 is 2.53 bits per heavy atom. The summed E-state index contributed by atoms with van der Waals surface area (Å²) in [6.45, 7) is 6.31. The quantitative estimate of drug-likeness (QED) is 0.834. The molecular formula is C13H17FN2O2S. The maximum absolute atomic E-state index is 13.2. The molecule has 0 aliphatic carbocycles. The van der Waals surface area contributed by atoms with E-state index in [1.807, 2.05) is 13.8 Å². The molecule has 0 fully saturated rings. The fourth-order valence-corrected chi connectivity index (χ4v) is 3.34. The molecule has 0 unspecified atom stereocenters. The number of hydrogen-bond acceptors (Lipinski definition) is 3. The molecule has 1 aromatic rings. The van der Waals surface area contributed by atoms with Gasteiger partial charge in [0, 0.05) is 13.1 Å². The van der Waals surface area contributed by atoms with Crippen LogP contribution < -0.4 is 0 Å². The first-order chi connectivity index (χ1) is 8.82. The van der Waals surface area contributed by atoms with E-state index in [0.29, 0.717) is 13.1 Å². The minimum atomic E-state index is -3.68. The van der Waals surface area contributed by atoms with Gasteiger partial charge in [0.25, 0.3) is 0 Å². The molecule has 0 heterocycles. The van der Waals surface area contributed by atoms with Gasteiger partial charge in [-0.3, -0.25) is 0 Å². The van der Waals surface area contributed by atoms with Gasteiger partial charge in [-0.2, -0.15) is 9.57 Å². The van der Waals surface area contributed by atoms with Gasteiger partial charge in [-0.25, -0.2) is 12.8 Å². The Hall–Kier alpha value is -1.45. The van der Waals surface area contributed by atoms with E-state index < -0.39 is 15.8 Å². The van der Waals surface area contributed by atoms with Crippen LogP contribution in [0.4, 0.5) is 4.39 Å². The SMILES string of the molecule is CCN(CC(C)C)S(=O)(=O)c1ccc(F)c(C#N)c1. The predicted molar refractivity (Wildman–Crippen MR) is 70.4 cm³/mol. The summed E-state index contributed by atoms with van der Waals surface area (Å²) in [6, 6.07) is 4.92. The van der Waals surface area contributed by atoms with Gasteiger partial charge in [0.15, 0.2) is 0 Å². The van der Waals surface area contributed by atoms with Crippen molar-refractivity contribution in [1.82, 2.24) is 4.31 Å². The van der Waals surface area contributed by atoms with Crippen molar-refractivity contribution in [2.75, 3.05) is 13.1 Å². The summed E-state index contributed by atoms with van der Waals surface area (Å²) >= 11 is 0. The first-order valence-corrected chi connectivity index (χ1v) is 7.46. The van der Waals surface area contributed by atoms with Gasteiger partial charge >= 0.3 is 0 Å². The predicted octanol–water partition coefficient (Wildman–Crippen LogP) is 2.36. The lowest BCUT2D eigenvalue weighted by Crippen LogP contribution is -2.34. The second-order valence-corrected chi connectivity index (χ2v) is 6.54. The molecule has 104 valence electrons. The maximum Gasteiger partial charge on any atom is 0.243 e. The molecule has 6 heteroatoms. The molecule has 0 saturated carbocycles. The Morgan fingerprint density at radius 1 is 1.42 bits per heavy atom. The minimum Gasteiger partial charge on any atom is -0.207 e. The van der Waals surface area contributed by atoms with Gasteiger partial charge in [0.1, 0.15) is 11.9 Å². The lowest BCUT2D eigenvalue weighted by Gasteiger charge is -2.22. The second kappa shape index (κ2) is 6.13. The summed E-state index contributed by atoms with van der Waals surface area (Å²) in [7, 11) is -3.68. The Labute approximate surface area is 113 Å². The molecule has 4 nitrogen and oxygen atoms in total. The first kappa shape index (κ1) is 15.6. The molecule has 0 radical (unpaired) electrons. The van der Waals surface area contributed by atoms with E-state index in [0.717, 1.165) is 12.1 Å². The van der Waals surface area contributed by atoms with Gasteiger partial charge in [0.05, 0.1) is 10.5 Å². The lowest BCUT2D eigenvalue weighted by molar-refractivity contribution is 0.381. The van der Waals surface area contributed by atoms with Crippen molar-refractivity contribution in [3.63, 3.8) is 0 Å². The van der Waals surface area contributed by atoms with E-state index in [9.17, 15) is 12.8 Å². The Bertz CT molecular complexity index is 591. The second-order valence-electron chi connectivity index (χ2n) is 4.60. The number of rotatable bonds is 5. The molecule has 0 N–H and O–H groups in total. The van der Waals surface area contributed by atoms with E-state index in [-0.39, 0.29) is 16.4 Å². The average Bonchev–Trinajstić information content (AvgIpc) is 2.35. The highest BCUT2D eigenvalue weighted by Gasteiger charge is 2.24. The van der Waals surface area contributed by atoms with Gasteiger partial charge in [0.2, 0.25) is 10.0 Å². The van der Waals surface area contributed by atoms with Crippen molar-refractivity contribution in [3.8, 4) is 6.07 Å². The highest BCUT2D eigenvalue weighted by Crippen LogP contribution is 2.19. The fraction of sp³-hybridized carbons (Fsp3) is 0.462. The van der Waals surface area contributed by atoms with Gasteiger partial charge in [-0.15, -0.1) is 0 Å². The number of halogens is 1.